The monoisotopic (exact) mass is 346 g/mol. The van der Waals surface area contributed by atoms with E-state index in [4.69, 9.17) is 17.3 Å². The summed E-state index contributed by atoms with van der Waals surface area (Å²) >= 11 is 9.23. The van der Waals surface area contributed by atoms with Crippen molar-refractivity contribution in [3.63, 3.8) is 0 Å². The van der Waals surface area contributed by atoms with Crippen LogP contribution in [-0.4, -0.2) is 12.5 Å². The standard InChI is InChI=1S/C14H20BrClN2O/c1-14(2,7-8-17)6-5-13(19)18-12-4-3-10(16)9-11(12)15/h3-4,9H,5-8,17H2,1-2H3,(H,18,19). The van der Waals surface area contributed by atoms with Gasteiger partial charge in [-0.3, -0.25) is 4.79 Å². The van der Waals surface area contributed by atoms with Gasteiger partial charge in [0.05, 0.1) is 5.69 Å². The summed E-state index contributed by atoms with van der Waals surface area (Å²) in [5, 5.41) is 3.51. The van der Waals surface area contributed by atoms with Gasteiger partial charge in [-0.05, 0) is 58.9 Å². The van der Waals surface area contributed by atoms with Crippen LogP contribution in [0.3, 0.4) is 0 Å². The molecule has 1 rings (SSSR count). The van der Waals surface area contributed by atoms with Gasteiger partial charge in [0, 0.05) is 15.9 Å². The van der Waals surface area contributed by atoms with Gasteiger partial charge in [0.25, 0.3) is 0 Å². The molecular weight excluding hydrogens is 328 g/mol. The SMILES string of the molecule is CC(C)(CCN)CCC(=O)Nc1ccc(Cl)cc1Br. The van der Waals surface area contributed by atoms with Crippen LogP contribution in [0.25, 0.3) is 0 Å². The van der Waals surface area contributed by atoms with Crippen molar-refractivity contribution in [3.8, 4) is 0 Å². The predicted molar refractivity (Wildman–Crippen MR) is 84.5 cm³/mol. The summed E-state index contributed by atoms with van der Waals surface area (Å²) in [5.74, 6) is 0.00752. The third kappa shape index (κ3) is 5.93. The van der Waals surface area contributed by atoms with Gasteiger partial charge in [0.2, 0.25) is 5.91 Å². The van der Waals surface area contributed by atoms with Gasteiger partial charge in [-0.25, -0.2) is 0 Å². The highest BCUT2D eigenvalue weighted by Gasteiger charge is 2.18. The Kier molecular flexibility index (Phi) is 6.30. The zero-order chi connectivity index (χ0) is 14.5. The first-order chi connectivity index (χ1) is 8.84. The van der Waals surface area contributed by atoms with Gasteiger partial charge < -0.3 is 11.1 Å². The molecule has 0 atom stereocenters. The molecule has 106 valence electrons. The maximum atomic E-state index is 11.9. The van der Waals surface area contributed by atoms with E-state index in [1.165, 1.54) is 0 Å². The fourth-order valence-electron chi connectivity index (χ4n) is 1.77. The fraction of sp³-hybridized carbons (Fsp3) is 0.500. The van der Waals surface area contributed by atoms with Crippen LogP contribution in [0, 0.1) is 5.41 Å². The Hall–Kier alpha value is -0.580. The van der Waals surface area contributed by atoms with E-state index in [1.54, 1.807) is 18.2 Å². The molecule has 0 radical (unpaired) electrons. The quantitative estimate of drug-likeness (QED) is 0.810. The normalized spacial score (nSPS) is 11.4. The van der Waals surface area contributed by atoms with Crippen molar-refractivity contribution in [2.24, 2.45) is 11.1 Å². The molecule has 0 aromatic heterocycles. The summed E-state index contributed by atoms with van der Waals surface area (Å²) < 4.78 is 0.787. The number of hydrogen-bond donors (Lipinski definition) is 2. The minimum atomic E-state index is 0.00752. The van der Waals surface area contributed by atoms with Crippen molar-refractivity contribution in [1.29, 1.82) is 0 Å². The minimum absolute atomic E-state index is 0.00752. The average molecular weight is 348 g/mol. The summed E-state index contributed by atoms with van der Waals surface area (Å²) in [6, 6.07) is 5.30. The Morgan fingerprint density at radius 3 is 2.68 bits per heavy atom. The topological polar surface area (TPSA) is 55.1 Å². The molecular formula is C14H20BrClN2O. The average Bonchev–Trinajstić information content (AvgIpc) is 2.30. The summed E-state index contributed by atoms with van der Waals surface area (Å²) in [7, 11) is 0. The first-order valence-corrected chi connectivity index (χ1v) is 7.46. The highest BCUT2D eigenvalue weighted by molar-refractivity contribution is 9.10. The molecule has 0 bridgehead atoms. The van der Waals surface area contributed by atoms with E-state index in [0.717, 1.165) is 23.0 Å². The van der Waals surface area contributed by atoms with E-state index in [2.05, 4.69) is 35.1 Å². The first kappa shape index (κ1) is 16.5. The molecule has 1 amide bonds. The van der Waals surface area contributed by atoms with Gasteiger partial charge in [-0.1, -0.05) is 25.4 Å². The smallest absolute Gasteiger partial charge is 0.224 e. The lowest BCUT2D eigenvalue weighted by Crippen LogP contribution is -2.20. The molecule has 19 heavy (non-hydrogen) atoms. The van der Waals surface area contributed by atoms with Crippen molar-refractivity contribution >= 4 is 39.1 Å². The van der Waals surface area contributed by atoms with Gasteiger partial charge in [0.15, 0.2) is 0 Å². The van der Waals surface area contributed by atoms with Crippen LogP contribution in [0.4, 0.5) is 5.69 Å². The van der Waals surface area contributed by atoms with Gasteiger partial charge in [-0.15, -0.1) is 0 Å². The van der Waals surface area contributed by atoms with Gasteiger partial charge >= 0.3 is 0 Å². The van der Waals surface area contributed by atoms with Crippen molar-refractivity contribution < 1.29 is 4.79 Å². The number of amides is 1. The number of nitrogens with one attached hydrogen (secondary N) is 1. The number of benzene rings is 1. The summed E-state index contributed by atoms with van der Waals surface area (Å²) in [6.07, 6.45) is 2.23. The van der Waals surface area contributed by atoms with Crippen LogP contribution in [0.2, 0.25) is 5.02 Å². The zero-order valence-corrected chi connectivity index (χ0v) is 13.6. The third-order valence-corrected chi connectivity index (χ3v) is 3.95. The second-order valence-corrected chi connectivity index (χ2v) is 6.67. The van der Waals surface area contributed by atoms with Crippen LogP contribution in [0.1, 0.15) is 33.1 Å². The Labute approximate surface area is 128 Å². The van der Waals surface area contributed by atoms with Gasteiger partial charge in [0.1, 0.15) is 0 Å². The Morgan fingerprint density at radius 2 is 2.11 bits per heavy atom. The van der Waals surface area contributed by atoms with Crippen LogP contribution in [-0.2, 0) is 4.79 Å². The molecule has 3 nitrogen and oxygen atoms in total. The number of halogens is 2. The van der Waals surface area contributed by atoms with Crippen LogP contribution >= 0.6 is 27.5 Å². The van der Waals surface area contributed by atoms with E-state index in [0.29, 0.717) is 18.0 Å². The van der Waals surface area contributed by atoms with E-state index in [9.17, 15) is 4.79 Å². The highest BCUT2D eigenvalue weighted by atomic mass is 79.9. The molecule has 1 aromatic rings. The lowest BCUT2D eigenvalue weighted by Gasteiger charge is -2.23. The van der Waals surface area contributed by atoms with Crippen LogP contribution < -0.4 is 11.1 Å². The fourth-order valence-corrected chi connectivity index (χ4v) is 2.55. The maximum absolute atomic E-state index is 11.9. The molecule has 1 aromatic carbocycles. The summed E-state index contributed by atoms with van der Waals surface area (Å²) in [4.78, 5) is 11.9. The second-order valence-electron chi connectivity index (χ2n) is 5.38. The van der Waals surface area contributed by atoms with Crippen molar-refractivity contribution in [2.45, 2.75) is 33.1 Å². The number of anilines is 1. The number of carbonyl (C=O) groups is 1. The molecule has 5 heteroatoms. The van der Waals surface area contributed by atoms with Crippen molar-refractivity contribution in [2.75, 3.05) is 11.9 Å². The maximum Gasteiger partial charge on any atom is 0.224 e. The number of carbonyl (C=O) groups excluding carboxylic acids is 1. The van der Waals surface area contributed by atoms with E-state index < -0.39 is 0 Å². The lowest BCUT2D eigenvalue weighted by atomic mass is 9.84. The molecule has 0 aliphatic heterocycles. The molecule has 0 saturated heterocycles. The molecule has 0 aliphatic rings. The number of rotatable bonds is 6. The molecule has 0 aliphatic carbocycles. The van der Waals surface area contributed by atoms with E-state index in [-0.39, 0.29) is 11.3 Å². The first-order valence-electron chi connectivity index (χ1n) is 6.29. The largest absolute Gasteiger partial charge is 0.330 e. The third-order valence-electron chi connectivity index (χ3n) is 3.06. The Balaban J connectivity index is 2.52. The Bertz CT molecular complexity index is 449. The van der Waals surface area contributed by atoms with Crippen molar-refractivity contribution in [1.82, 2.24) is 0 Å². The molecule has 0 fully saturated rings. The van der Waals surface area contributed by atoms with E-state index >= 15 is 0 Å². The molecule has 0 unspecified atom stereocenters. The second kappa shape index (κ2) is 7.27. The lowest BCUT2D eigenvalue weighted by molar-refractivity contribution is -0.116. The predicted octanol–water partition coefficient (Wildman–Crippen LogP) is 4.20. The summed E-state index contributed by atoms with van der Waals surface area (Å²) in [6.45, 7) is 4.91. The molecule has 0 saturated carbocycles. The minimum Gasteiger partial charge on any atom is -0.330 e. The number of nitrogens with two attached hydrogens (primary N) is 1. The van der Waals surface area contributed by atoms with Crippen LogP contribution in [0.5, 0.6) is 0 Å². The van der Waals surface area contributed by atoms with E-state index in [1.807, 2.05) is 0 Å². The Morgan fingerprint density at radius 1 is 1.42 bits per heavy atom. The molecule has 0 spiro atoms. The zero-order valence-electron chi connectivity index (χ0n) is 11.3. The molecule has 0 heterocycles. The summed E-state index contributed by atoms with van der Waals surface area (Å²) in [5.41, 5.74) is 6.40. The van der Waals surface area contributed by atoms with Crippen molar-refractivity contribution in [3.05, 3.63) is 27.7 Å². The van der Waals surface area contributed by atoms with Crippen LogP contribution in [0.15, 0.2) is 22.7 Å². The molecule has 3 N–H and O–H groups in total. The highest BCUT2D eigenvalue weighted by Crippen LogP contribution is 2.28. The van der Waals surface area contributed by atoms with Gasteiger partial charge in [-0.2, -0.15) is 0 Å². The number of hydrogen-bond acceptors (Lipinski definition) is 2.